The van der Waals surface area contributed by atoms with Crippen LogP contribution in [0.25, 0.3) is 0 Å². The van der Waals surface area contributed by atoms with Gasteiger partial charge in [-0.15, -0.1) is 0 Å². The molecule has 0 rings (SSSR count). The number of alkyl halides is 22. The first-order valence-corrected chi connectivity index (χ1v) is 7.47. The van der Waals surface area contributed by atoms with Crippen molar-refractivity contribution < 1.29 is 111 Å². The molecule has 0 aromatic rings. The number of rotatable bonds is 7. The molecule has 0 aliphatic rings. The molecule has 0 N–H and O–H groups in total. The molecule has 220 valence electrons. The van der Waals surface area contributed by atoms with Gasteiger partial charge in [-0.25, -0.2) is 8.78 Å². The van der Waals surface area contributed by atoms with Crippen molar-refractivity contribution in [2.24, 2.45) is 0 Å². The van der Waals surface area contributed by atoms with E-state index in [0.29, 0.717) is 0 Å². The first-order chi connectivity index (χ1) is 15.5. The van der Waals surface area contributed by atoms with E-state index in [-0.39, 0.29) is 0 Å². The minimum absolute atomic E-state index is 1.11. The average molecular weight is 610 g/mol. The van der Waals surface area contributed by atoms with Gasteiger partial charge in [0.2, 0.25) is 0 Å². The van der Waals surface area contributed by atoms with Crippen molar-refractivity contribution in [1.29, 1.82) is 0 Å². The zero-order valence-corrected chi connectivity index (χ0v) is 15.5. The third-order valence-electron chi connectivity index (χ3n) is 3.76. The number of halogens is 22. The highest BCUT2D eigenvalue weighted by molar-refractivity contribution is 5.97. The van der Waals surface area contributed by atoms with Crippen LogP contribution in [0.15, 0.2) is 0 Å². The van der Waals surface area contributed by atoms with Gasteiger partial charge in [-0.2, -0.15) is 87.8 Å². The highest BCUT2D eigenvalue weighted by Crippen LogP contribution is 2.56. The van der Waals surface area contributed by atoms with Crippen molar-refractivity contribution in [2.45, 2.75) is 60.1 Å². The zero-order chi connectivity index (χ0) is 30.9. The van der Waals surface area contributed by atoms with Crippen molar-refractivity contribution in [2.75, 3.05) is 0 Å². The van der Waals surface area contributed by atoms with Crippen LogP contribution in [0, 0.1) is 0 Å². The molecule has 3 nitrogen and oxygen atoms in total. The van der Waals surface area contributed by atoms with E-state index in [4.69, 9.17) is 0 Å². The van der Waals surface area contributed by atoms with Gasteiger partial charge in [-0.3, -0.25) is 14.3 Å². The van der Waals surface area contributed by atoms with E-state index in [9.17, 15) is 106 Å². The minimum Gasteiger partial charge on any atom is -0.288 e. The molecule has 1 unspecified atom stereocenters. The molecular formula is C12F22O3. The van der Waals surface area contributed by atoms with E-state index < -0.39 is 71.7 Å². The van der Waals surface area contributed by atoms with Crippen molar-refractivity contribution in [3.63, 3.8) is 0 Å². The molecule has 0 radical (unpaired) electrons. The maximum absolute atomic E-state index is 13.9. The summed E-state index contributed by atoms with van der Waals surface area (Å²) >= 11 is 0. The molecule has 0 aromatic carbocycles. The van der Waals surface area contributed by atoms with Gasteiger partial charge in [0.1, 0.15) is 0 Å². The molecule has 0 heterocycles. The Kier molecular flexibility index (Phi) is 8.12. The van der Waals surface area contributed by atoms with Crippen LogP contribution in [-0.2, 0) is 14.3 Å². The molecule has 0 aromatic heterocycles. The van der Waals surface area contributed by atoms with E-state index in [2.05, 4.69) is 0 Å². The Balaban J connectivity index is 7.23. The molecule has 25 heteroatoms. The van der Waals surface area contributed by atoms with Crippen LogP contribution in [0.5, 0.6) is 0 Å². The van der Waals surface area contributed by atoms with E-state index in [1.807, 2.05) is 0 Å². The molecule has 37 heavy (non-hydrogen) atoms. The first kappa shape index (κ1) is 34.8. The van der Waals surface area contributed by atoms with Crippen LogP contribution in [0.4, 0.5) is 96.6 Å². The fourth-order valence-corrected chi connectivity index (χ4v) is 1.88. The van der Waals surface area contributed by atoms with E-state index in [1.165, 1.54) is 0 Å². The standard InChI is InChI=1S/C12F22O3/c13-3(7(18,19)20,8(21,22)23)1(35)5(15,16)12(33,34)37-6(17,11(30,31)32)2(36)4(14,9(24,25)26)10(27,28)29. The third-order valence-corrected chi connectivity index (χ3v) is 3.76. The van der Waals surface area contributed by atoms with Gasteiger partial charge >= 0.3 is 60.1 Å². The maximum Gasteiger partial charge on any atom is 0.456 e. The van der Waals surface area contributed by atoms with Crippen LogP contribution < -0.4 is 0 Å². The van der Waals surface area contributed by atoms with E-state index in [0.717, 1.165) is 4.74 Å². The van der Waals surface area contributed by atoms with Gasteiger partial charge in [0.15, 0.2) is 0 Å². The summed E-state index contributed by atoms with van der Waals surface area (Å²) in [6.07, 6.45) is -49.1. The summed E-state index contributed by atoms with van der Waals surface area (Å²) in [6, 6.07) is 0. The first-order valence-electron chi connectivity index (χ1n) is 7.47. The summed E-state index contributed by atoms with van der Waals surface area (Å²) in [7, 11) is 0. The summed E-state index contributed by atoms with van der Waals surface area (Å²) in [5, 5.41) is 0. The molecule has 0 saturated heterocycles. The Hall–Kier alpha value is -2.24. The fraction of sp³-hybridized carbons (Fsp3) is 0.833. The number of carbonyl (C=O) groups is 2. The molecule has 0 aliphatic heterocycles. The monoisotopic (exact) mass is 610 g/mol. The van der Waals surface area contributed by atoms with Crippen LogP contribution in [0.3, 0.4) is 0 Å². The fourth-order valence-electron chi connectivity index (χ4n) is 1.88. The number of hydrogen-bond donors (Lipinski definition) is 0. The summed E-state index contributed by atoms with van der Waals surface area (Å²) in [6.45, 7) is 0. The molecule has 0 aliphatic carbocycles. The van der Waals surface area contributed by atoms with Crippen molar-refractivity contribution in [3.05, 3.63) is 0 Å². The SMILES string of the molecule is O=C(C(F)(F)C(F)(F)OC(F)(C(=O)C(F)(C(F)(F)F)C(F)(F)F)C(F)(F)F)C(F)(C(F)(F)F)C(F)(F)F. The van der Waals surface area contributed by atoms with Gasteiger partial charge < -0.3 is 0 Å². The second-order valence-electron chi connectivity index (χ2n) is 6.25. The Labute approximate surface area is 184 Å². The summed E-state index contributed by atoms with van der Waals surface area (Å²) in [5.41, 5.74) is -16.5. The summed E-state index contributed by atoms with van der Waals surface area (Å²) in [5.74, 6) is -28.7. The Morgan fingerprint density at radius 1 is 0.378 bits per heavy atom. The number of carbonyl (C=O) groups excluding carboxylic acids is 2. The largest absolute Gasteiger partial charge is 0.456 e. The van der Waals surface area contributed by atoms with Gasteiger partial charge in [-0.05, 0) is 0 Å². The zero-order valence-electron chi connectivity index (χ0n) is 15.5. The lowest BCUT2D eigenvalue weighted by atomic mass is 9.91. The number of ketones is 2. The second kappa shape index (κ2) is 8.64. The summed E-state index contributed by atoms with van der Waals surface area (Å²) in [4.78, 5) is 21.8. The molecule has 0 bridgehead atoms. The van der Waals surface area contributed by atoms with Gasteiger partial charge in [-0.1, -0.05) is 0 Å². The number of hydrogen-bond acceptors (Lipinski definition) is 3. The molecular weight excluding hydrogens is 610 g/mol. The van der Waals surface area contributed by atoms with Crippen LogP contribution in [0.1, 0.15) is 0 Å². The molecule has 0 amide bonds. The quantitative estimate of drug-likeness (QED) is 0.320. The van der Waals surface area contributed by atoms with E-state index >= 15 is 0 Å². The highest BCUT2D eigenvalue weighted by atomic mass is 19.4. The van der Waals surface area contributed by atoms with Crippen LogP contribution >= 0.6 is 0 Å². The lowest BCUT2D eigenvalue weighted by Crippen LogP contribution is -2.71. The van der Waals surface area contributed by atoms with Crippen molar-refractivity contribution in [3.8, 4) is 0 Å². The normalized spacial score (nSPS) is 17.5. The summed E-state index contributed by atoms with van der Waals surface area (Å²) < 4.78 is 282. The number of Topliss-reactive ketones (excluding diaryl/α,β-unsaturated/α-hetero) is 2. The lowest BCUT2D eigenvalue weighted by molar-refractivity contribution is -0.438. The van der Waals surface area contributed by atoms with Gasteiger partial charge in [0.25, 0.3) is 11.6 Å². The van der Waals surface area contributed by atoms with Crippen molar-refractivity contribution >= 4 is 11.6 Å². The predicted octanol–water partition coefficient (Wildman–Crippen LogP) is 6.26. The van der Waals surface area contributed by atoms with E-state index in [1.54, 1.807) is 0 Å². The topological polar surface area (TPSA) is 43.4 Å². The Morgan fingerprint density at radius 2 is 0.622 bits per heavy atom. The lowest BCUT2D eigenvalue weighted by Gasteiger charge is -2.38. The Bertz CT molecular complexity index is 855. The van der Waals surface area contributed by atoms with Crippen LogP contribution in [0.2, 0.25) is 0 Å². The van der Waals surface area contributed by atoms with Gasteiger partial charge in [0.05, 0.1) is 0 Å². The minimum atomic E-state index is -8.49. The number of ether oxygens (including phenoxy) is 1. The van der Waals surface area contributed by atoms with Gasteiger partial charge in [0, 0.05) is 0 Å². The van der Waals surface area contributed by atoms with Crippen LogP contribution in [-0.4, -0.2) is 71.7 Å². The maximum atomic E-state index is 13.9. The molecule has 1 atom stereocenters. The molecule has 0 saturated carbocycles. The smallest absolute Gasteiger partial charge is 0.288 e. The Morgan fingerprint density at radius 3 is 0.838 bits per heavy atom. The molecule has 0 spiro atoms. The van der Waals surface area contributed by atoms with Crippen molar-refractivity contribution in [1.82, 2.24) is 0 Å². The molecule has 0 fully saturated rings. The highest BCUT2D eigenvalue weighted by Gasteiger charge is 2.88. The second-order valence-corrected chi connectivity index (χ2v) is 6.25. The average Bonchev–Trinajstić information content (AvgIpc) is 2.59. The third kappa shape index (κ3) is 5.09. The predicted molar refractivity (Wildman–Crippen MR) is 62.8 cm³/mol.